The maximum absolute atomic E-state index is 12.2. The number of nitrogens with zero attached hydrogens (tertiary/aromatic N) is 1. The fourth-order valence-corrected chi connectivity index (χ4v) is 2.97. The van der Waals surface area contributed by atoms with Crippen LogP contribution in [0.3, 0.4) is 0 Å². The van der Waals surface area contributed by atoms with Gasteiger partial charge < -0.3 is 15.4 Å². The largest absolute Gasteiger partial charge is 0.450 e. The van der Waals surface area contributed by atoms with E-state index >= 15 is 0 Å². The summed E-state index contributed by atoms with van der Waals surface area (Å²) in [7, 11) is 0. The van der Waals surface area contributed by atoms with Crippen LogP contribution in [0.4, 0.5) is 16.2 Å². The van der Waals surface area contributed by atoms with Gasteiger partial charge in [0.2, 0.25) is 5.91 Å². The third kappa shape index (κ3) is 4.86. The Morgan fingerprint density at radius 1 is 1.28 bits per heavy atom. The standard InChI is InChI=1S/C18H24N4O3/c1-3-25-17(24)21-15-8-6-7-14(13(15)2)20-11-16(23)22-18(12-19)9-4-5-10-18/h6-8,20H,3-5,9-11H2,1-2H3,(H,21,24)(H,22,23). The van der Waals surface area contributed by atoms with Gasteiger partial charge in [-0.3, -0.25) is 10.1 Å². The Labute approximate surface area is 147 Å². The predicted molar refractivity (Wildman–Crippen MR) is 95.3 cm³/mol. The molecule has 1 aliphatic rings. The molecule has 1 fully saturated rings. The Morgan fingerprint density at radius 2 is 1.96 bits per heavy atom. The van der Waals surface area contributed by atoms with Crippen LogP contribution >= 0.6 is 0 Å². The van der Waals surface area contributed by atoms with Crippen molar-refractivity contribution < 1.29 is 14.3 Å². The van der Waals surface area contributed by atoms with E-state index < -0.39 is 11.6 Å². The molecule has 7 heteroatoms. The van der Waals surface area contributed by atoms with Crippen LogP contribution < -0.4 is 16.0 Å². The van der Waals surface area contributed by atoms with Crippen molar-refractivity contribution in [3.8, 4) is 6.07 Å². The van der Waals surface area contributed by atoms with E-state index in [0.717, 1.165) is 24.1 Å². The van der Waals surface area contributed by atoms with Crippen LogP contribution in [-0.2, 0) is 9.53 Å². The first-order valence-corrected chi connectivity index (χ1v) is 8.49. The highest BCUT2D eigenvalue weighted by molar-refractivity contribution is 5.88. The van der Waals surface area contributed by atoms with Crippen LogP contribution in [0.1, 0.15) is 38.2 Å². The third-order valence-corrected chi connectivity index (χ3v) is 4.34. The van der Waals surface area contributed by atoms with Crippen molar-refractivity contribution in [3.63, 3.8) is 0 Å². The molecule has 7 nitrogen and oxygen atoms in total. The molecular weight excluding hydrogens is 320 g/mol. The fourth-order valence-electron chi connectivity index (χ4n) is 2.97. The molecule has 25 heavy (non-hydrogen) atoms. The number of carbonyl (C=O) groups is 2. The molecule has 0 aromatic heterocycles. The minimum absolute atomic E-state index is 0.0626. The zero-order chi connectivity index (χ0) is 18.3. The van der Waals surface area contributed by atoms with Gasteiger partial charge in [0.05, 0.1) is 19.2 Å². The van der Waals surface area contributed by atoms with Gasteiger partial charge in [0, 0.05) is 11.4 Å². The molecule has 3 N–H and O–H groups in total. The quantitative estimate of drug-likeness (QED) is 0.736. The number of anilines is 2. The molecule has 0 aliphatic heterocycles. The van der Waals surface area contributed by atoms with Gasteiger partial charge in [0.15, 0.2) is 0 Å². The van der Waals surface area contributed by atoms with E-state index in [4.69, 9.17) is 4.74 Å². The van der Waals surface area contributed by atoms with Gasteiger partial charge in [-0.15, -0.1) is 0 Å². The van der Waals surface area contributed by atoms with E-state index in [1.165, 1.54) is 0 Å². The number of carbonyl (C=O) groups excluding carboxylic acids is 2. The van der Waals surface area contributed by atoms with Gasteiger partial charge in [-0.05, 0) is 57.2 Å². The minimum Gasteiger partial charge on any atom is -0.450 e. The average Bonchev–Trinajstić information content (AvgIpc) is 3.05. The lowest BCUT2D eigenvalue weighted by Crippen LogP contribution is -2.47. The number of hydrogen-bond acceptors (Lipinski definition) is 5. The predicted octanol–water partition coefficient (Wildman–Crippen LogP) is 2.93. The molecule has 0 atom stereocenters. The summed E-state index contributed by atoms with van der Waals surface area (Å²) in [5.41, 5.74) is 1.44. The van der Waals surface area contributed by atoms with E-state index in [2.05, 4.69) is 22.0 Å². The molecule has 1 saturated carbocycles. The summed E-state index contributed by atoms with van der Waals surface area (Å²) in [4.78, 5) is 23.7. The Hall–Kier alpha value is -2.75. The van der Waals surface area contributed by atoms with Crippen molar-refractivity contribution >= 4 is 23.4 Å². The first kappa shape index (κ1) is 18.6. The van der Waals surface area contributed by atoms with Crippen LogP contribution in [0.15, 0.2) is 18.2 Å². The van der Waals surface area contributed by atoms with E-state index in [1.807, 2.05) is 13.0 Å². The molecule has 134 valence electrons. The van der Waals surface area contributed by atoms with Crippen molar-refractivity contribution in [2.45, 2.75) is 45.1 Å². The molecular formula is C18H24N4O3. The second-order valence-corrected chi connectivity index (χ2v) is 6.13. The van der Waals surface area contributed by atoms with E-state index in [0.29, 0.717) is 25.1 Å². The molecule has 1 aromatic rings. The van der Waals surface area contributed by atoms with Crippen molar-refractivity contribution in [3.05, 3.63) is 23.8 Å². The Morgan fingerprint density at radius 3 is 2.60 bits per heavy atom. The maximum atomic E-state index is 12.2. The molecule has 0 unspecified atom stereocenters. The number of rotatable bonds is 6. The molecule has 2 rings (SSSR count). The van der Waals surface area contributed by atoms with Crippen LogP contribution in [0, 0.1) is 18.3 Å². The normalized spacial score (nSPS) is 15.1. The number of nitriles is 1. The monoisotopic (exact) mass is 344 g/mol. The lowest BCUT2D eigenvalue weighted by Gasteiger charge is -2.22. The third-order valence-electron chi connectivity index (χ3n) is 4.34. The van der Waals surface area contributed by atoms with Crippen LogP contribution in [0.25, 0.3) is 0 Å². The highest BCUT2D eigenvalue weighted by Gasteiger charge is 2.35. The highest BCUT2D eigenvalue weighted by Crippen LogP contribution is 2.29. The van der Waals surface area contributed by atoms with E-state index in [1.54, 1.807) is 19.1 Å². The molecule has 0 saturated heterocycles. The molecule has 1 aromatic carbocycles. The Bertz CT molecular complexity index is 675. The van der Waals surface area contributed by atoms with Crippen LogP contribution in [0.2, 0.25) is 0 Å². The number of nitrogens with one attached hydrogen (secondary N) is 3. The van der Waals surface area contributed by atoms with Gasteiger partial charge >= 0.3 is 6.09 Å². The van der Waals surface area contributed by atoms with Crippen molar-refractivity contribution in [1.29, 1.82) is 5.26 Å². The fraction of sp³-hybridized carbons (Fsp3) is 0.500. The van der Waals surface area contributed by atoms with Crippen LogP contribution in [0.5, 0.6) is 0 Å². The Kier molecular flexibility index (Phi) is 6.23. The van der Waals surface area contributed by atoms with Gasteiger partial charge in [0.25, 0.3) is 0 Å². The van der Waals surface area contributed by atoms with Crippen molar-refractivity contribution in [2.24, 2.45) is 0 Å². The zero-order valence-electron chi connectivity index (χ0n) is 14.6. The summed E-state index contributed by atoms with van der Waals surface area (Å²) < 4.78 is 4.87. The number of amides is 2. The number of ether oxygens (including phenoxy) is 1. The summed E-state index contributed by atoms with van der Waals surface area (Å²) in [5.74, 6) is -0.216. The Balaban J connectivity index is 1.95. The lowest BCUT2D eigenvalue weighted by atomic mass is 10.00. The molecule has 0 spiro atoms. The van der Waals surface area contributed by atoms with Crippen molar-refractivity contribution in [1.82, 2.24) is 5.32 Å². The average molecular weight is 344 g/mol. The smallest absolute Gasteiger partial charge is 0.411 e. The van der Waals surface area contributed by atoms with E-state index in [9.17, 15) is 14.9 Å². The number of hydrogen-bond donors (Lipinski definition) is 3. The van der Waals surface area contributed by atoms with Crippen molar-refractivity contribution in [2.75, 3.05) is 23.8 Å². The molecule has 0 heterocycles. The summed E-state index contributed by atoms with van der Waals surface area (Å²) >= 11 is 0. The number of benzene rings is 1. The van der Waals surface area contributed by atoms with Gasteiger partial charge in [-0.1, -0.05) is 6.07 Å². The second kappa shape index (κ2) is 8.38. The first-order chi connectivity index (χ1) is 12.0. The lowest BCUT2D eigenvalue weighted by molar-refractivity contribution is -0.120. The minimum atomic E-state index is -0.721. The molecule has 1 aliphatic carbocycles. The van der Waals surface area contributed by atoms with Gasteiger partial charge in [-0.25, -0.2) is 4.79 Å². The topological polar surface area (TPSA) is 103 Å². The zero-order valence-corrected chi connectivity index (χ0v) is 14.6. The van der Waals surface area contributed by atoms with Gasteiger partial charge in [0.1, 0.15) is 5.54 Å². The first-order valence-electron chi connectivity index (χ1n) is 8.49. The molecule has 2 amide bonds. The summed E-state index contributed by atoms with van der Waals surface area (Å²) in [6.07, 6.45) is 2.81. The van der Waals surface area contributed by atoms with E-state index in [-0.39, 0.29) is 12.5 Å². The second-order valence-electron chi connectivity index (χ2n) is 6.13. The molecule has 0 bridgehead atoms. The van der Waals surface area contributed by atoms with Crippen LogP contribution in [-0.4, -0.2) is 30.7 Å². The molecule has 0 radical (unpaired) electrons. The summed E-state index contributed by atoms with van der Waals surface area (Å²) in [6.45, 7) is 3.94. The summed E-state index contributed by atoms with van der Waals surface area (Å²) in [5, 5.41) is 17.9. The SMILES string of the molecule is CCOC(=O)Nc1cccc(NCC(=O)NC2(C#N)CCCC2)c1C. The van der Waals surface area contributed by atoms with Gasteiger partial charge in [-0.2, -0.15) is 5.26 Å². The highest BCUT2D eigenvalue weighted by atomic mass is 16.5. The maximum Gasteiger partial charge on any atom is 0.411 e. The summed E-state index contributed by atoms with van der Waals surface area (Å²) in [6, 6.07) is 7.61.